The average Bonchev–Trinajstić information content (AvgIpc) is 2.74. The summed E-state index contributed by atoms with van der Waals surface area (Å²) in [5.41, 5.74) is 1.98. The normalized spacial score (nSPS) is 11.0. The molecule has 0 atom stereocenters. The van der Waals surface area contributed by atoms with Crippen molar-refractivity contribution < 1.29 is 9.53 Å². The Hall–Kier alpha value is -2.30. The number of hydrogen-bond acceptors (Lipinski definition) is 3. The van der Waals surface area contributed by atoms with Gasteiger partial charge in [-0.2, -0.15) is 5.26 Å². The topological polar surface area (TPSA) is 62.1 Å². The third-order valence-electron chi connectivity index (χ3n) is 4.12. The number of nitriles is 1. The third-order valence-corrected chi connectivity index (χ3v) is 5.87. The zero-order valence-electron chi connectivity index (χ0n) is 15.8. The second-order valence-corrected chi connectivity index (χ2v) is 8.88. The van der Waals surface area contributed by atoms with E-state index in [0.717, 1.165) is 5.56 Å². The van der Waals surface area contributed by atoms with E-state index in [4.69, 9.17) is 27.9 Å². The molecule has 0 aliphatic heterocycles. The Morgan fingerprint density at radius 3 is 2.32 bits per heavy atom. The molecule has 0 bridgehead atoms. The van der Waals surface area contributed by atoms with Crippen LogP contribution < -0.4 is 10.1 Å². The highest BCUT2D eigenvalue weighted by atomic mass is 79.9. The summed E-state index contributed by atoms with van der Waals surface area (Å²) >= 11 is 19.0. The predicted molar refractivity (Wildman–Crippen MR) is 131 cm³/mol. The molecule has 0 saturated heterocycles. The Morgan fingerprint density at radius 2 is 1.71 bits per heavy atom. The van der Waals surface area contributed by atoms with E-state index in [9.17, 15) is 10.1 Å². The van der Waals surface area contributed by atoms with Gasteiger partial charge in [-0.1, -0.05) is 47.5 Å². The van der Waals surface area contributed by atoms with Crippen molar-refractivity contribution in [3.63, 3.8) is 0 Å². The van der Waals surface area contributed by atoms with Crippen molar-refractivity contribution in [2.45, 2.75) is 6.61 Å². The molecule has 156 valence electrons. The summed E-state index contributed by atoms with van der Waals surface area (Å²) in [6.07, 6.45) is 1.49. The maximum Gasteiger partial charge on any atom is 0.266 e. The van der Waals surface area contributed by atoms with Crippen LogP contribution in [-0.4, -0.2) is 5.91 Å². The summed E-state index contributed by atoms with van der Waals surface area (Å²) in [6.45, 7) is 0.354. The standard InChI is InChI=1S/C23H14Br2Cl2N2O2/c24-18-10-15(9-16(12-28)23(30)29-21-4-2-1-3-20(21)27)11-19(25)22(18)31-13-14-5-7-17(26)8-6-14/h1-11H,13H2,(H,29,30)/b16-9+. The molecule has 8 heteroatoms. The molecular formula is C23H14Br2Cl2N2O2. The van der Waals surface area contributed by atoms with Crippen LogP contribution in [0.15, 0.2) is 75.2 Å². The van der Waals surface area contributed by atoms with Gasteiger partial charge in [0.05, 0.1) is 19.7 Å². The first-order valence-electron chi connectivity index (χ1n) is 8.91. The van der Waals surface area contributed by atoms with Gasteiger partial charge in [0.1, 0.15) is 24.0 Å². The Bertz CT molecular complexity index is 1170. The summed E-state index contributed by atoms with van der Waals surface area (Å²) in [7, 11) is 0. The van der Waals surface area contributed by atoms with E-state index in [0.29, 0.717) is 42.6 Å². The predicted octanol–water partition coefficient (Wildman–Crippen LogP) is 7.64. The third kappa shape index (κ3) is 6.34. The summed E-state index contributed by atoms with van der Waals surface area (Å²) in [5, 5.41) is 13.2. The van der Waals surface area contributed by atoms with Crippen molar-refractivity contribution in [3.8, 4) is 11.8 Å². The lowest BCUT2D eigenvalue weighted by atomic mass is 10.1. The number of nitrogens with one attached hydrogen (secondary N) is 1. The van der Waals surface area contributed by atoms with Crippen LogP contribution in [0.2, 0.25) is 10.0 Å². The highest BCUT2D eigenvalue weighted by Crippen LogP contribution is 2.36. The molecule has 0 saturated carbocycles. The Labute approximate surface area is 206 Å². The fourth-order valence-electron chi connectivity index (χ4n) is 2.60. The number of carbonyl (C=O) groups is 1. The van der Waals surface area contributed by atoms with Gasteiger partial charge in [-0.3, -0.25) is 4.79 Å². The number of anilines is 1. The maximum absolute atomic E-state index is 12.5. The number of para-hydroxylation sites is 1. The van der Waals surface area contributed by atoms with E-state index in [2.05, 4.69) is 37.2 Å². The van der Waals surface area contributed by atoms with Gasteiger partial charge < -0.3 is 10.1 Å². The molecule has 0 aromatic heterocycles. The molecule has 0 aliphatic carbocycles. The van der Waals surface area contributed by atoms with Crippen molar-refractivity contribution in [1.82, 2.24) is 0 Å². The number of rotatable bonds is 6. The molecule has 0 aliphatic rings. The van der Waals surface area contributed by atoms with Crippen LogP contribution in [0, 0.1) is 11.3 Å². The minimum Gasteiger partial charge on any atom is -0.487 e. The monoisotopic (exact) mass is 578 g/mol. The molecule has 1 amide bonds. The van der Waals surface area contributed by atoms with Crippen LogP contribution in [-0.2, 0) is 11.4 Å². The molecular weight excluding hydrogens is 567 g/mol. The van der Waals surface area contributed by atoms with Gasteiger partial charge in [0.15, 0.2) is 0 Å². The zero-order chi connectivity index (χ0) is 22.4. The van der Waals surface area contributed by atoms with Crippen molar-refractivity contribution in [2.75, 3.05) is 5.32 Å². The summed E-state index contributed by atoms with van der Waals surface area (Å²) < 4.78 is 7.25. The molecule has 3 aromatic carbocycles. The second kappa shape index (κ2) is 10.8. The van der Waals surface area contributed by atoms with Crippen LogP contribution in [0.25, 0.3) is 6.08 Å². The van der Waals surface area contributed by atoms with Gasteiger partial charge in [-0.05, 0) is 85.5 Å². The minimum absolute atomic E-state index is 0.0615. The van der Waals surface area contributed by atoms with Crippen LogP contribution >= 0.6 is 55.1 Å². The fraction of sp³-hybridized carbons (Fsp3) is 0.0435. The van der Waals surface area contributed by atoms with Crippen molar-refractivity contribution in [2.24, 2.45) is 0 Å². The molecule has 0 spiro atoms. The number of nitrogens with zero attached hydrogens (tertiary/aromatic N) is 1. The van der Waals surface area contributed by atoms with E-state index in [1.807, 2.05) is 18.2 Å². The summed E-state index contributed by atoms with van der Waals surface area (Å²) in [5.74, 6) is 0.0528. The molecule has 3 aromatic rings. The summed E-state index contributed by atoms with van der Waals surface area (Å²) in [6, 6.07) is 19.7. The summed E-state index contributed by atoms with van der Waals surface area (Å²) in [4.78, 5) is 12.5. The highest BCUT2D eigenvalue weighted by Gasteiger charge is 2.14. The Kier molecular flexibility index (Phi) is 8.16. The molecule has 0 unspecified atom stereocenters. The van der Waals surface area contributed by atoms with Gasteiger partial charge in [-0.15, -0.1) is 0 Å². The quantitative estimate of drug-likeness (QED) is 0.241. The number of ether oxygens (including phenoxy) is 1. The van der Waals surface area contributed by atoms with Gasteiger partial charge in [0, 0.05) is 5.02 Å². The van der Waals surface area contributed by atoms with Crippen LogP contribution in [0.5, 0.6) is 5.75 Å². The van der Waals surface area contributed by atoms with Crippen LogP contribution in [0.1, 0.15) is 11.1 Å². The average molecular weight is 581 g/mol. The minimum atomic E-state index is -0.550. The Morgan fingerprint density at radius 1 is 1.06 bits per heavy atom. The number of halogens is 4. The molecule has 0 radical (unpaired) electrons. The zero-order valence-corrected chi connectivity index (χ0v) is 20.5. The van der Waals surface area contributed by atoms with Gasteiger partial charge in [0.2, 0.25) is 0 Å². The SMILES string of the molecule is N#C/C(=C\c1cc(Br)c(OCc2ccc(Cl)cc2)c(Br)c1)C(=O)Nc1ccccc1Cl. The van der Waals surface area contributed by atoms with E-state index >= 15 is 0 Å². The molecule has 4 nitrogen and oxygen atoms in total. The number of amides is 1. The van der Waals surface area contributed by atoms with Crippen molar-refractivity contribution in [3.05, 3.63) is 96.4 Å². The van der Waals surface area contributed by atoms with Gasteiger partial charge in [-0.25, -0.2) is 0 Å². The number of benzene rings is 3. The molecule has 0 heterocycles. The van der Waals surface area contributed by atoms with Gasteiger partial charge in [0.25, 0.3) is 5.91 Å². The first-order chi connectivity index (χ1) is 14.9. The highest BCUT2D eigenvalue weighted by molar-refractivity contribution is 9.11. The molecule has 0 fully saturated rings. The first-order valence-corrected chi connectivity index (χ1v) is 11.3. The molecule has 3 rings (SSSR count). The lowest BCUT2D eigenvalue weighted by Gasteiger charge is -2.12. The lowest BCUT2D eigenvalue weighted by molar-refractivity contribution is -0.112. The van der Waals surface area contributed by atoms with E-state index in [1.54, 1.807) is 48.5 Å². The van der Waals surface area contributed by atoms with Crippen LogP contribution in [0.4, 0.5) is 5.69 Å². The maximum atomic E-state index is 12.5. The van der Waals surface area contributed by atoms with Crippen molar-refractivity contribution in [1.29, 1.82) is 5.26 Å². The van der Waals surface area contributed by atoms with Crippen LogP contribution in [0.3, 0.4) is 0 Å². The van der Waals surface area contributed by atoms with Gasteiger partial charge >= 0.3 is 0 Å². The first kappa shape index (κ1) is 23.4. The number of hydrogen-bond donors (Lipinski definition) is 1. The largest absolute Gasteiger partial charge is 0.487 e. The second-order valence-electron chi connectivity index (χ2n) is 6.33. The smallest absolute Gasteiger partial charge is 0.266 e. The fourth-order valence-corrected chi connectivity index (χ4v) is 4.36. The molecule has 1 N–H and O–H groups in total. The van der Waals surface area contributed by atoms with E-state index < -0.39 is 5.91 Å². The Balaban J connectivity index is 1.78. The van der Waals surface area contributed by atoms with E-state index in [1.165, 1.54) is 6.08 Å². The van der Waals surface area contributed by atoms with Crippen molar-refractivity contribution >= 4 is 72.7 Å². The number of carbonyl (C=O) groups excluding carboxylic acids is 1. The van der Waals surface area contributed by atoms with E-state index in [-0.39, 0.29) is 5.57 Å². The molecule has 31 heavy (non-hydrogen) atoms. The lowest BCUT2D eigenvalue weighted by Crippen LogP contribution is -2.13.